The van der Waals surface area contributed by atoms with E-state index in [-0.39, 0.29) is 10.5 Å². The second kappa shape index (κ2) is 7.98. The molecule has 1 aromatic carbocycles. The molecule has 1 heterocycles. The number of halogens is 1. The van der Waals surface area contributed by atoms with Crippen LogP contribution in [0.25, 0.3) is 0 Å². The van der Waals surface area contributed by atoms with E-state index in [9.17, 15) is 14.4 Å². The number of benzene rings is 1. The first-order valence-corrected chi connectivity index (χ1v) is 10.3. The van der Waals surface area contributed by atoms with E-state index in [2.05, 4.69) is 37.5 Å². The minimum absolute atomic E-state index is 0.122. The fourth-order valence-electron chi connectivity index (χ4n) is 3.44. The molecule has 2 N–H and O–H groups in total. The molecular weight excluding hydrogens is 393 g/mol. The highest BCUT2D eigenvalue weighted by Gasteiger charge is 2.32. The van der Waals surface area contributed by atoms with Crippen LogP contribution in [0.5, 0.6) is 0 Å². The number of thiocarbonyl (C=S) groups is 1. The van der Waals surface area contributed by atoms with Gasteiger partial charge >= 0.3 is 0 Å². The van der Waals surface area contributed by atoms with Gasteiger partial charge in [0, 0.05) is 10.4 Å². The summed E-state index contributed by atoms with van der Waals surface area (Å²) in [6, 6.07) is 7.52. The Morgan fingerprint density at radius 3 is 2.61 bits per heavy atom. The molecule has 0 saturated heterocycles. The standard InChI is InChI=1S/C21H22FN3OS2/c1-21(2,3)13-6-9-15-16(11-23)19(28-17(15)10-13)25-20(27)24-18(26)12-4-7-14(22)8-5-12/h4-5,7-8,13H,6,9-10H2,1-3H3,(H2,24,25,26,27). The Morgan fingerprint density at radius 1 is 1.32 bits per heavy atom. The molecule has 7 heteroatoms. The van der Waals surface area contributed by atoms with Crippen LogP contribution in [-0.4, -0.2) is 11.0 Å². The van der Waals surface area contributed by atoms with Gasteiger partial charge < -0.3 is 5.32 Å². The molecule has 0 aliphatic heterocycles. The Hall–Kier alpha value is -2.30. The van der Waals surface area contributed by atoms with Crippen LogP contribution < -0.4 is 10.6 Å². The smallest absolute Gasteiger partial charge is 0.257 e. The summed E-state index contributed by atoms with van der Waals surface area (Å²) in [6.45, 7) is 6.75. The number of carbonyl (C=O) groups is 1. The lowest BCUT2D eigenvalue weighted by atomic mass is 9.72. The molecule has 146 valence electrons. The van der Waals surface area contributed by atoms with E-state index in [4.69, 9.17) is 12.2 Å². The molecule has 0 radical (unpaired) electrons. The molecule has 1 amide bonds. The summed E-state index contributed by atoms with van der Waals surface area (Å²) in [5, 5.41) is 16.0. The summed E-state index contributed by atoms with van der Waals surface area (Å²) >= 11 is 6.79. The highest BCUT2D eigenvalue weighted by Crippen LogP contribution is 2.43. The third-order valence-corrected chi connectivity index (χ3v) is 6.54. The molecule has 3 rings (SSSR count). The number of hydrogen-bond acceptors (Lipinski definition) is 4. The first-order valence-electron chi connectivity index (χ1n) is 9.11. The zero-order valence-corrected chi connectivity index (χ0v) is 17.7. The molecule has 1 aromatic heterocycles. The van der Waals surface area contributed by atoms with Crippen molar-refractivity contribution in [3.63, 3.8) is 0 Å². The number of carbonyl (C=O) groups excluding carboxylic acids is 1. The molecule has 2 aromatic rings. The molecule has 0 spiro atoms. The van der Waals surface area contributed by atoms with Gasteiger partial charge in [0.2, 0.25) is 0 Å². The van der Waals surface area contributed by atoms with Gasteiger partial charge in [0.1, 0.15) is 16.9 Å². The van der Waals surface area contributed by atoms with Gasteiger partial charge in [-0.05, 0) is 72.6 Å². The van der Waals surface area contributed by atoms with Crippen LogP contribution in [0, 0.1) is 28.5 Å². The number of anilines is 1. The minimum atomic E-state index is -0.426. The average molecular weight is 416 g/mol. The van der Waals surface area contributed by atoms with Crippen molar-refractivity contribution < 1.29 is 9.18 Å². The van der Waals surface area contributed by atoms with Crippen molar-refractivity contribution >= 4 is 39.6 Å². The van der Waals surface area contributed by atoms with Crippen LogP contribution in [0.15, 0.2) is 24.3 Å². The minimum Gasteiger partial charge on any atom is -0.323 e. The van der Waals surface area contributed by atoms with E-state index in [0.29, 0.717) is 22.0 Å². The van der Waals surface area contributed by atoms with E-state index in [1.165, 1.54) is 40.5 Å². The maximum atomic E-state index is 13.0. The van der Waals surface area contributed by atoms with Gasteiger partial charge in [-0.1, -0.05) is 20.8 Å². The molecule has 0 bridgehead atoms. The van der Waals surface area contributed by atoms with Crippen LogP contribution >= 0.6 is 23.6 Å². The van der Waals surface area contributed by atoms with Crippen LogP contribution in [0.4, 0.5) is 9.39 Å². The largest absolute Gasteiger partial charge is 0.323 e. The first-order chi connectivity index (χ1) is 13.2. The predicted octanol–water partition coefficient (Wildman–Crippen LogP) is 5.04. The van der Waals surface area contributed by atoms with Crippen molar-refractivity contribution in [1.29, 1.82) is 5.26 Å². The second-order valence-corrected chi connectivity index (χ2v) is 9.55. The predicted molar refractivity (Wildman–Crippen MR) is 114 cm³/mol. The molecule has 1 atom stereocenters. The van der Waals surface area contributed by atoms with Gasteiger partial charge in [-0.25, -0.2) is 4.39 Å². The molecule has 28 heavy (non-hydrogen) atoms. The third kappa shape index (κ3) is 4.40. The summed E-state index contributed by atoms with van der Waals surface area (Å²) in [5.74, 6) is -0.262. The second-order valence-electron chi connectivity index (χ2n) is 8.04. The van der Waals surface area contributed by atoms with E-state index < -0.39 is 11.7 Å². The number of fused-ring (bicyclic) bond motifs is 1. The lowest BCUT2D eigenvalue weighted by molar-refractivity contribution is 0.0977. The van der Waals surface area contributed by atoms with Gasteiger partial charge in [0.25, 0.3) is 5.91 Å². The molecule has 1 unspecified atom stereocenters. The number of amides is 1. The van der Waals surface area contributed by atoms with Crippen LogP contribution in [0.2, 0.25) is 0 Å². The van der Waals surface area contributed by atoms with E-state index in [0.717, 1.165) is 24.8 Å². The molecule has 1 aliphatic rings. The Balaban J connectivity index is 1.73. The van der Waals surface area contributed by atoms with Crippen molar-refractivity contribution in [3.05, 3.63) is 51.7 Å². The zero-order valence-electron chi connectivity index (χ0n) is 16.1. The molecular formula is C21H22FN3OS2. The van der Waals surface area contributed by atoms with Crippen molar-refractivity contribution in [1.82, 2.24) is 5.32 Å². The topological polar surface area (TPSA) is 64.9 Å². The Kier molecular flexibility index (Phi) is 5.82. The number of hydrogen-bond donors (Lipinski definition) is 2. The average Bonchev–Trinajstić information content (AvgIpc) is 2.97. The summed E-state index contributed by atoms with van der Waals surface area (Å²) in [7, 11) is 0. The zero-order chi connectivity index (χ0) is 20.5. The summed E-state index contributed by atoms with van der Waals surface area (Å²) in [4.78, 5) is 13.5. The summed E-state index contributed by atoms with van der Waals surface area (Å²) in [6.07, 6.45) is 2.90. The lowest BCUT2D eigenvalue weighted by Gasteiger charge is -2.33. The molecule has 1 aliphatic carbocycles. The number of nitrogens with one attached hydrogen (secondary N) is 2. The normalized spacial score (nSPS) is 16.0. The maximum absolute atomic E-state index is 13.0. The fourth-order valence-corrected chi connectivity index (χ4v) is 4.98. The SMILES string of the molecule is CC(C)(C)C1CCc2c(sc(NC(=S)NC(=O)c3ccc(F)cc3)c2C#N)C1. The number of nitriles is 1. The van der Waals surface area contributed by atoms with Gasteiger partial charge in [-0.15, -0.1) is 11.3 Å². The molecule has 0 fully saturated rings. The Labute approximate surface area is 173 Å². The highest BCUT2D eigenvalue weighted by molar-refractivity contribution is 7.80. The quantitative estimate of drug-likeness (QED) is 0.675. The van der Waals surface area contributed by atoms with Crippen molar-refractivity contribution in [3.8, 4) is 6.07 Å². The summed E-state index contributed by atoms with van der Waals surface area (Å²) in [5.41, 5.74) is 2.25. The first kappa shape index (κ1) is 20.4. The maximum Gasteiger partial charge on any atom is 0.257 e. The van der Waals surface area contributed by atoms with Gasteiger partial charge in [0.05, 0.1) is 5.56 Å². The van der Waals surface area contributed by atoms with E-state index >= 15 is 0 Å². The fraction of sp³-hybridized carbons (Fsp3) is 0.381. The number of nitrogens with zero attached hydrogens (tertiary/aromatic N) is 1. The Bertz CT molecular complexity index is 952. The van der Waals surface area contributed by atoms with Crippen LogP contribution in [0.1, 0.15) is 53.6 Å². The van der Waals surface area contributed by atoms with Crippen molar-refractivity contribution in [2.75, 3.05) is 5.32 Å². The Morgan fingerprint density at radius 2 is 2.00 bits per heavy atom. The highest BCUT2D eigenvalue weighted by atomic mass is 32.1. The van der Waals surface area contributed by atoms with E-state index in [1.54, 1.807) is 0 Å². The van der Waals surface area contributed by atoms with Gasteiger partial charge in [-0.3, -0.25) is 10.1 Å². The van der Waals surface area contributed by atoms with Crippen molar-refractivity contribution in [2.45, 2.75) is 40.0 Å². The lowest BCUT2D eigenvalue weighted by Crippen LogP contribution is -2.34. The van der Waals surface area contributed by atoms with Crippen LogP contribution in [-0.2, 0) is 12.8 Å². The van der Waals surface area contributed by atoms with E-state index in [1.807, 2.05) is 0 Å². The number of rotatable bonds is 2. The van der Waals surface area contributed by atoms with Gasteiger partial charge in [0.15, 0.2) is 5.11 Å². The molecule has 4 nitrogen and oxygen atoms in total. The molecule has 0 saturated carbocycles. The van der Waals surface area contributed by atoms with Crippen LogP contribution in [0.3, 0.4) is 0 Å². The monoisotopic (exact) mass is 415 g/mol. The third-order valence-electron chi connectivity index (χ3n) is 5.16. The van der Waals surface area contributed by atoms with Gasteiger partial charge in [-0.2, -0.15) is 5.26 Å². The number of thiophene rings is 1. The summed E-state index contributed by atoms with van der Waals surface area (Å²) < 4.78 is 13.0. The van der Waals surface area contributed by atoms with Crippen molar-refractivity contribution in [2.24, 2.45) is 11.3 Å².